The van der Waals surface area contributed by atoms with E-state index in [0.29, 0.717) is 5.56 Å². The van der Waals surface area contributed by atoms with Crippen LogP contribution >= 0.6 is 0 Å². The van der Waals surface area contributed by atoms with Gasteiger partial charge in [0.05, 0.1) is 7.11 Å². The molecule has 64 valence electrons. The van der Waals surface area contributed by atoms with Crippen molar-refractivity contribution in [2.24, 2.45) is 5.18 Å². The first-order valence-electron chi connectivity index (χ1n) is 3.40. The topological polar surface area (TPSA) is 58.9 Å². The highest BCUT2D eigenvalue weighted by atomic mass is 16.5. The van der Waals surface area contributed by atoms with E-state index in [4.69, 9.17) is 4.74 Å². The predicted molar refractivity (Wildman–Crippen MR) is 44.9 cm³/mol. The van der Waals surface area contributed by atoms with Crippen LogP contribution in [-0.4, -0.2) is 12.2 Å². The Bertz CT molecular complexity index is 309. The number of benzene rings is 1. The third kappa shape index (κ3) is 1.37. The van der Waals surface area contributed by atoms with E-state index >= 15 is 0 Å². The van der Waals surface area contributed by atoms with Gasteiger partial charge in [-0.1, -0.05) is 0 Å². The minimum absolute atomic E-state index is 0.0462. The Morgan fingerprint density at radius 1 is 1.50 bits per heavy atom. The van der Waals surface area contributed by atoms with Crippen molar-refractivity contribution in [1.29, 1.82) is 0 Å². The van der Waals surface area contributed by atoms with E-state index in [1.54, 1.807) is 6.92 Å². The van der Waals surface area contributed by atoms with Gasteiger partial charge in [0.15, 0.2) is 11.5 Å². The number of nitrogens with zero attached hydrogens (tertiary/aromatic N) is 1. The van der Waals surface area contributed by atoms with Gasteiger partial charge in [0, 0.05) is 6.07 Å². The Kier molecular flexibility index (Phi) is 2.28. The molecular formula is C8H9NO3. The fourth-order valence-electron chi connectivity index (χ4n) is 0.937. The molecule has 4 heteroatoms. The van der Waals surface area contributed by atoms with Crippen LogP contribution in [0.2, 0.25) is 0 Å². The number of phenols is 1. The third-order valence-corrected chi connectivity index (χ3v) is 1.58. The van der Waals surface area contributed by atoms with Crippen LogP contribution < -0.4 is 4.74 Å². The average molecular weight is 167 g/mol. The summed E-state index contributed by atoms with van der Waals surface area (Å²) >= 11 is 0. The molecule has 0 aliphatic carbocycles. The van der Waals surface area contributed by atoms with Gasteiger partial charge in [0.2, 0.25) is 0 Å². The van der Waals surface area contributed by atoms with E-state index in [-0.39, 0.29) is 17.2 Å². The van der Waals surface area contributed by atoms with Gasteiger partial charge >= 0.3 is 0 Å². The molecule has 0 aliphatic rings. The molecule has 1 aromatic rings. The van der Waals surface area contributed by atoms with Gasteiger partial charge in [-0.05, 0) is 23.7 Å². The van der Waals surface area contributed by atoms with E-state index in [1.165, 1.54) is 19.2 Å². The van der Waals surface area contributed by atoms with E-state index < -0.39 is 0 Å². The molecule has 0 bridgehead atoms. The van der Waals surface area contributed by atoms with Crippen molar-refractivity contribution in [3.8, 4) is 11.5 Å². The van der Waals surface area contributed by atoms with Gasteiger partial charge in [-0.15, -0.1) is 4.91 Å². The standard InChI is InChI=1S/C8H9NO3/c1-5-3-6(9-11)4-7(12-2)8(5)10/h3-4,10H,1-2H3. The lowest BCUT2D eigenvalue weighted by Crippen LogP contribution is -1.85. The van der Waals surface area contributed by atoms with E-state index in [2.05, 4.69) is 5.18 Å². The first-order valence-corrected chi connectivity index (χ1v) is 3.40. The smallest absolute Gasteiger partial charge is 0.163 e. The highest BCUT2D eigenvalue weighted by Crippen LogP contribution is 2.33. The van der Waals surface area contributed by atoms with Crippen LogP contribution in [-0.2, 0) is 0 Å². The number of ether oxygens (including phenoxy) is 1. The molecule has 0 fully saturated rings. The number of methoxy groups -OCH3 is 1. The number of aromatic hydroxyl groups is 1. The van der Waals surface area contributed by atoms with Gasteiger partial charge in [0.25, 0.3) is 0 Å². The molecule has 0 aliphatic heterocycles. The Morgan fingerprint density at radius 3 is 2.67 bits per heavy atom. The Hall–Kier alpha value is -1.58. The minimum atomic E-state index is 0.0462. The summed E-state index contributed by atoms with van der Waals surface area (Å²) in [5.74, 6) is 0.314. The second-order valence-corrected chi connectivity index (χ2v) is 2.40. The molecule has 0 unspecified atom stereocenters. The maximum atomic E-state index is 10.2. The van der Waals surface area contributed by atoms with Crippen molar-refractivity contribution in [1.82, 2.24) is 0 Å². The Balaban J connectivity index is 3.28. The normalized spacial score (nSPS) is 9.50. The largest absolute Gasteiger partial charge is 0.504 e. The summed E-state index contributed by atoms with van der Waals surface area (Å²) in [6.07, 6.45) is 0. The van der Waals surface area contributed by atoms with Gasteiger partial charge in [-0.2, -0.15) is 0 Å². The maximum absolute atomic E-state index is 10.2. The van der Waals surface area contributed by atoms with Crippen molar-refractivity contribution in [2.75, 3.05) is 7.11 Å². The predicted octanol–water partition coefficient (Wildman–Crippen LogP) is 2.11. The first-order chi connectivity index (χ1) is 5.69. The Labute approximate surface area is 69.8 Å². The summed E-state index contributed by atoms with van der Waals surface area (Å²) in [6, 6.07) is 2.88. The van der Waals surface area contributed by atoms with Crippen LogP contribution in [0.25, 0.3) is 0 Å². The fraction of sp³-hybridized carbons (Fsp3) is 0.250. The van der Waals surface area contributed by atoms with Crippen molar-refractivity contribution in [3.63, 3.8) is 0 Å². The molecule has 0 aromatic heterocycles. The SMILES string of the molecule is COc1cc(N=O)cc(C)c1O. The van der Waals surface area contributed by atoms with Crippen LogP contribution in [0.4, 0.5) is 5.69 Å². The number of phenolic OH excluding ortho intramolecular Hbond substituents is 1. The molecule has 0 amide bonds. The van der Waals surface area contributed by atoms with Gasteiger partial charge in [-0.3, -0.25) is 0 Å². The zero-order chi connectivity index (χ0) is 9.14. The monoisotopic (exact) mass is 167 g/mol. The summed E-state index contributed by atoms with van der Waals surface area (Å²) in [7, 11) is 1.42. The summed E-state index contributed by atoms with van der Waals surface area (Å²) < 4.78 is 4.82. The van der Waals surface area contributed by atoms with Crippen LogP contribution in [0, 0.1) is 11.8 Å². The molecule has 0 radical (unpaired) electrons. The third-order valence-electron chi connectivity index (χ3n) is 1.58. The van der Waals surface area contributed by atoms with Gasteiger partial charge < -0.3 is 9.84 Å². The summed E-state index contributed by atoms with van der Waals surface area (Å²) in [6.45, 7) is 1.67. The number of rotatable bonds is 2. The van der Waals surface area contributed by atoms with E-state index in [0.717, 1.165) is 0 Å². The highest BCUT2D eigenvalue weighted by Gasteiger charge is 2.06. The molecular weight excluding hydrogens is 158 g/mol. The van der Waals surface area contributed by atoms with E-state index in [1.807, 2.05) is 0 Å². The maximum Gasteiger partial charge on any atom is 0.163 e. The zero-order valence-electron chi connectivity index (χ0n) is 6.87. The van der Waals surface area contributed by atoms with Gasteiger partial charge in [0.1, 0.15) is 5.69 Å². The first kappa shape index (κ1) is 8.52. The zero-order valence-corrected chi connectivity index (χ0v) is 6.87. The van der Waals surface area contributed by atoms with Crippen LogP contribution in [0.15, 0.2) is 17.3 Å². The lowest BCUT2D eigenvalue weighted by Gasteiger charge is -2.05. The lowest BCUT2D eigenvalue weighted by molar-refractivity contribution is 0.372. The summed E-state index contributed by atoms with van der Waals surface area (Å²) in [5.41, 5.74) is 0.825. The molecule has 0 saturated carbocycles. The van der Waals surface area contributed by atoms with Crippen molar-refractivity contribution < 1.29 is 9.84 Å². The molecule has 0 saturated heterocycles. The number of aryl methyl sites for hydroxylation is 1. The number of nitroso groups, excluding NO2 is 1. The molecule has 1 rings (SSSR count). The molecule has 0 heterocycles. The second-order valence-electron chi connectivity index (χ2n) is 2.40. The second kappa shape index (κ2) is 3.21. The van der Waals surface area contributed by atoms with Crippen molar-refractivity contribution >= 4 is 5.69 Å². The van der Waals surface area contributed by atoms with Crippen LogP contribution in [0.1, 0.15) is 5.56 Å². The van der Waals surface area contributed by atoms with Gasteiger partial charge in [-0.25, -0.2) is 0 Å². The lowest BCUT2D eigenvalue weighted by atomic mass is 10.2. The molecule has 12 heavy (non-hydrogen) atoms. The molecule has 1 N–H and O–H groups in total. The average Bonchev–Trinajstić information content (AvgIpc) is 2.09. The molecule has 1 aromatic carbocycles. The number of hydrogen-bond acceptors (Lipinski definition) is 4. The minimum Gasteiger partial charge on any atom is -0.504 e. The van der Waals surface area contributed by atoms with Crippen molar-refractivity contribution in [2.45, 2.75) is 6.92 Å². The fourth-order valence-corrected chi connectivity index (χ4v) is 0.937. The molecule has 0 spiro atoms. The summed E-state index contributed by atoms with van der Waals surface area (Å²) in [5, 5.41) is 12.1. The Morgan fingerprint density at radius 2 is 2.17 bits per heavy atom. The highest BCUT2D eigenvalue weighted by molar-refractivity contribution is 5.55. The quantitative estimate of drug-likeness (QED) is 0.686. The molecule has 0 atom stereocenters. The van der Waals surface area contributed by atoms with Crippen LogP contribution in [0.3, 0.4) is 0 Å². The van der Waals surface area contributed by atoms with E-state index in [9.17, 15) is 10.0 Å². The summed E-state index contributed by atoms with van der Waals surface area (Å²) in [4.78, 5) is 10.2. The van der Waals surface area contributed by atoms with Crippen molar-refractivity contribution in [3.05, 3.63) is 22.6 Å². The molecule has 4 nitrogen and oxygen atoms in total. The van der Waals surface area contributed by atoms with Crippen LogP contribution in [0.5, 0.6) is 11.5 Å². The number of hydrogen-bond donors (Lipinski definition) is 1.